The molecule has 3 aromatic rings. The van der Waals surface area contributed by atoms with Crippen LogP contribution in [0.1, 0.15) is 19.8 Å². The maximum Gasteiger partial charge on any atom is 0.141 e. The Morgan fingerprint density at radius 2 is 1.95 bits per heavy atom. The number of benzene rings is 1. The zero-order chi connectivity index (χ0) is 13.9. The van der Waals surface area contributed by atoms with Gasteiger partial charge < -0.3 is 10.3 Å². The van der Waals surface area contributed by atoms with Crippen LogP contribution >= 0.6 is 0 Å². The van der Waals surface area contributed by atoms with E-state index in [-0.39, 0.29) is 0 Å². The van der Waals surface area contributed by atoms with E-state index in [9.17, 15) is 0 Å². The molecule has 3 rings (SSSR count). The number of pyridine rings is 1. The Kier molecular flexibility index (Phi) is 3.37. The van der Waals surface area contributed by atoms with Crippen molar-refractivity contribution in [3.8, 4) is 11.4 Å². The molecule has 2 aromatic heterocycles. The Labute approximate surface area is 118 Å². The molecule has 0 radical (unpaired) electrons. The second-order valence-electron chi connectivity index (χ2n) is 4.89. The maximum absolute atomic E-state index is 6.06. The lowest BCUT2D eigenvalue weighted by Gasteiger charge is -2.08. The molecule has 0 aliphatic heterocycles. The minimum Gasteiger partial charge on any atom is -0.397 e. The van der Waals surface area contributed by atoms with E-state index in [0.29, 0.717) is 0 Å². The molecule has 0 atom stereocenters. The van der Waals surface area contributed by atoms with Crippen LogP contribution in [0.2, 0.25) is 0 Å². The molecule has 102 valence electrons. The molecule has 0 bridgehead atoms. The molecular weight excluding hydrogens is 248 g/mol. The fourth-order valence-corrected chi connectivity index (χ4v) is 2.43. The van der Waals surface area contributed by atoms with Crippen LogP contribution < -0.4 is 5.73 Å². The van der Waals surface area contributed by atoms with E-state index in [4.69, 9.17) is 10.7 Å². The highest BCUT2D eigenvalue weighted by Gasteiger charge is 2.13. The van der Waals surface area contributed by atoms with Crippen molar-refractivity contribution in [2.24, 2.45) is 0 Å². The zero-order valence-electron chi connectivity index (χ0n) is 11.6. The third kappa shape index (κ3) is 2.13. The van der Waals surface area contributed by atoms with Crippen molar-refractivity contribution in [2.45, 2.75) is 26.3 Å². The van der Waals surface area contributed by atoms with Crippen LogP contribution in [0.15, 0.2) is 42.7 Å². The standard InChI is InChI=1S/C16H18N4/c1-2-3-11-20-14-6-4-5-13(17)15(14)19-16(20)12-7-9-18-10-8-12/h4-10H,2-3,11,17H2,1H3. The molecule has 0 spiro atoms. The summed E-state index contributed by atoms with van der Waals surface area (Å²) in [6.07, 6.45) is 5.86. The number of anilines is 1. The molecule has 0 aliphatic rings. The Balaban J connectivity index is 2.22. The number of rotatable bonds is 4. The molecular formula is C16H18N4. The second kappa shape index (κ2) is 5.33. The van der Waals surface area contributed by atoms with Crippen molar-refractivity contribution in [3.63, 3.8) is 0 Å². The van der Waals surface area contributed by atoms with Gasteiger partial charge in [0.2, 0.25) is 0 Å². The normalized spacial score (nSPS) is 11.1. The van der Waals surface area contributed by atoms with Crippen LogP contribution in [0.3, 0.4) is 0 Å². The number of fused-ring (bicyclic) bond motifs is 1. The number of imidazole rings is 1. The van der Waals surface area contributed by atoms with E-state index in [2.05, 4.69) is 22.5 Å². The highest BCUT2D eigenvalue weighted by Crippen LogP contribution is 2.28. The lowest BCUT2D eigenvalue weighted by Crippen LogP contribution is -2.00. The summed E-state index contributed by atoms with van der Waals surface area (Å²) >= 11 is 0. The molecule has 1 aromatic carbocycles. The highest BCUT2D eigenvalue weighted by molar-refractivity contribution is 5.90. The van der Waals surface area contributed by atoms with Crippen molar-refractivity contribution in [1.29, 1.82) is 0 Å². The summed E-state index contributed by atoms with van der Waals surface area (Å²) in [6.45, 7) is 3.15. The summed E-state index contributed by atoms with van der Waals surface area (Å²) in [5.74, 6) is 0.966. The van der Waals surface area contributed by atoms with Crippen LogP contribution in [-0.2, 0) is 6.54 Å². The first-order chi connectivity index (χ1) is 9.81. The van der Waals surface area contributed by atoms with Crippen LogP contribution in [0.4, 0.5) is 5.69 Å². The molecule has 0 amide bonds. The Bertz CT molecular complexity index is 716. The van der Waals surface area contributed by atoms with Gasteiger partial charge in [-0.05, 0) is 30.7 Å². The smallest absolute Gasteiger partial charge is 0.141 e. The van der Waals surface area contributed by atoms with Gasteiger partial charge in [0.15, 0.2) is 0 Å². The van der Waals surface area contributed by atoms with Gasteiger partial charge in [0.05, 0.1) is 11.2 Å². The summed E-state index contributed by atoms with van der Waals surface area (Å²) in [5.41, 5.74) is 9.85. The van der Waals surface area contributed by atoms with Gasteiger partial charge in [-0.1, -0.05) is 19.4 Å². The molecule has 0 fully saturated rings. The third-order valence-corrected chi connectivity index (χ3v) is 3.48. The van der Waals surface area contributed by atoms with E-state index in [1.807, 2.05) is 24.3 Å². The van der Waals surface area contributed by atoms with Crippen LogP contribution in [0.5, 0.6) is 0 Å². The average Bonchev–Trinajstić information content (AvgIpc) is 2.86. The molecule has 4 heteroatoms. The fraction of sp³-hybridized carbons (Fsp3) is 0.250. The number of nitrogen functional groups attached to an aromatic ring is 1. The summed E-state index contributed by atoms with van der Waals surface area (Å²) in [4.78, 5) is 8.82. The van der Waals surface area contributed by atoms with Gasteiger partial charge in [-0.15, -0.1) is 0 Å². The van der Waals surface area contributed by atoms with E-state index >= 15 is 0 Å². The third-order valence-electron chi connectivity index (χ3n) is 3.48. The van der Waals surface area contributed by atoms with E-state index in [1.165, 1.54) is 0 Å². The first-order valence-electron chi connectivity index (χ1n) is 6.96. The maximum atomic E-state index is 6.06. The molecule has 0 saturated carbocycles. The van der Waals surface area contributed by atoms with Gasteiger partial charge in [0, 0.05) is 24.5 Å². The van der Waals surface area contributed by atoms with Gasteiger partial charge in [-0.3, -0.25) is 4.98 Å². The Morgan fingerprint density at radius 1 is 1.15 bits per heavy atom. The number of nitrogens with zero attached hydrogens (tertiary/aromatic N) is 3. The molecule has 0 saturated heterocycles. The van der Waals surface area contributed by atoms with Gasteiger partial charge >= 0.3 is 0 Å². The number of hydrogen-bond acceptors (Lipinski definition) is 3. The van der Waals surface area contributed by atoms with Gasteiger partial charge in [-0.25, -0.2) is 4.98 Å². The monoisotopic (exact) mass is 266 g/mol. The first-order valence-corrected chi connectivity index (χ1v) is 6.96. The SMILES string of the molecule is CCCCn1c(-c2ccncc2)nc2c(N)cccc21. The number of aryl methyl sites for hydroxylation is 1. The van der Waals surface area contributed by atoms with Gasteiger partial charge in [0.25, 0.3) is 0 Å². The summed E-state index contributed by atoms with van der Waals surface area (Å²) in [5, 5.41) is 0. The number of hydrogen-bond donors (Lipinski definition) is 1. The topological polar surface area (TPSA) is 56.7 Å². The highest BCUT2D eigenvalue weighted by atomic mass is 15.1. The minimum absolute atomic E-state index is 0.730. The number of nitrogens with two attached hydrogens (primary N) is 1. The lowest BCUT2D eigenvalue weighted by molar-refractivity contribution is 0.651. The molecule has 2 N–H and O–H groups in total. The predicted molar refractivity (Wildman–Crippen MR) is 82.3 cm³/mol. The van der Waals surface area contributed by atoms with Gasteiger partial charge in [-0.2, -0.15) is 0 Å². The Hall–Kier alpha value is -2.36. The number of para-hydroxylation sites is 1. The lowest BCUT2D eigenvalue weighted by atomic mass is 10.2. The van der Waals surface area contributed by atoms with Crippen LogP contribution in [0, 0.1) is 0 Å². The zero-order valence-corrected chi connectivity index (χ0v) is 11.6. The van der Waals surface area contributed by atoms with Gasteiger partial charge in [0.1, 0.15) is 11.3 Å². The van der Waals surface area contributed by atoms with Crippen molar-refractivity contribution in [2.75, 3.05) is 5.73 Å². The minimum atomic E-state index is 0.730. The van der Waals surface area contributed by atoms with Crippen molar-refractivity contribution < 1.29 is 0 Å². The average molecular weight is 266 g/mol. The summed E-state index contributed by atoms with van der Waals surface area (Å²) in [6, 6.07) is 9.94. The Morgan fingerprint density at radius 3 is 2.70 bits per heavy atom. The van der Waals surface area contributed by atoms with Crippen molar-refractivity contribution >= 4 is 16.7 Å². The first kappa shape index (κ1) is 12.7. The van der Waals surface area contributed by atoms with Crippen molar-refractivity contribution in [1.82, 2.24) is 14.5 Å². The largest absolute Gasteiger partial charge is 0.397 e. The molecule has 0 unspecified atom stereocenters. The van der Waals surface area contributed by atoms with Crippen LogP contribution in [-0.4, -0.2) is 14.5 Å². The predicted octanol–water partition coefficient (Wildman–Crippen LogP) is 3.48. The molecule has 4 nitrogen and oxygen atoms in total. The molecule has 20 heavy (non-hydrogen) atoms. The van der Waals surface area contributed by atoms with E-state index in [0.717, 1.165) is 47.5 Å². The molecule has 2 heterocycles. The van der Waals surface area contributed by atoms with Crippen molar-refractivity contribution in [3.05, 3.63) is 42.7 Å². The number of unbranched alkanes of at least 4 members (excludes halogenated alkanes) is 1. The summed E-state index contributed by atoms with van der Waals surface area (Å²) in [7, 11) is 0. The number of aromatic nitrogens is 3. The van der Waals surface area contributed by atoms with Crippen LogP contribution in [0.25, 0.3) is 22.4 Å². The second-order valence-corrected chi connectivity index (χ2v) is 4.89. The quantitative estimate of drug-likeness (QED) is 0.735. The fourth-order valence-electron chi connectivity index (χ4n) is 2.43. The molecule has 0 aliphatic carbocycles. The van der Waals surface area contributed by atoms with E-state index in [1.54, 1.807) is 12.4 Å². The summed E-state index contributed by atoms with van der Waals surface area (Å²) < 4.78 is 2.25. The van der Waals surface area contributed by atoms with E-state index < -0.39 is 0 Å².